The lowest BCUT2D eigenvalue weighted by molar-refractivity contribution is -0.119. The molecule has 96 valence electrons. The zero-order chi connectivity index (χ0) is 12.7. The minimum atomic E-state index is -3.43. The number of nitrogens with one attached hydrogen (secondary N) is 1. The fraction of sp³-hybridized carbons (Fsp3) is 0.818. The molecule has 0 heterocycles. The van der Waals surface area contributed by atoms with E-state index in [1.165, 1.54) is 6.42 Å². The normalized spacial score (nSPS) is 17.4. The second kappa shape index (κ2) is 6.60. The van der Waals surface area contributed by atoms with Gasteiger partial charge in [0.05, 0.1) is 11.8 Å². The summed E-state index contributed by atoms with van der Waals surface area (Å²) in [4.78, 5) is 11.5. The third-order valence-electron chi connectivity index (χ3n) is 2.85. The Bertz CT molecular complexity index is 391. The van der Waals surface area contributed by atoms with Crippen molar-refractivity contribution in [1.82, 2.24) is 5.32 Å². The molecule has 1 amide bonds. The van der Waals surface area contributed by atoms with E-state index >= 15 is 0 Å². The van der Waals surface area contributed by atoms with Crippen LogP contribution in [0.3, 0.4) is 0 Å². The van der Waals surface area contributed by atoms with E-state index in [1.54, 1.807) is 6.07 Å². The summed E-state index contributed by atoms with van der Waals surface area (Å²) in [6.07, 6.45) is 5.18. The highest BCUT2D eigenvalue weighted by molar-refractivity contribution is 7.92. The van der Waals surface area contributed by atoms with Crippen molar-refractivity contribution in [2.45, 2.75) is 44.6 Å². The summed E-state index contributed by atoms with van der Waals surface area (Å²) < 4.78 is 22.9. The molecule has 0 radical (unpaired) electrons. The van der Waals surface area contributed by atoms with Crippen LogP contribution in [0.4, 0.5) is 0 Å². The zero-order valence-corrected chi connectivity index (χ0v) is 10.6. The van der Waals surface area contributed by atoms with Crippen LogP contribution in [0.1, 0.15) is 38.5 Å². The van der Waals surface area contributed by atoms with E-state index in [4.69, 9.17) is 5.26 Å². The van der Waals surface area contributed by atoms with E-state index in [0.717, 1.165) is 25.7 Å². The van der Waals surface area contributed by atoms with Crippen LogP contribution < -0.4 is 5.32 Å². The highest BCUT2D eigenvalue weighted by atomic mass is 32.2. The Balaban J connectivity index is 2.35. The Morgan fingerprint density at radius 2 is 1.94 bits per heavy atom. The topological polar surface area (TPSA) is 87.0 Å². The molecular formula is C11H18N2O3S. The van der Waals surface area contributed by atoms with Gasteiger partial charge in [-0.1, -0.05) is 19.3 Å². The quantitative estimate of drug-likeness (QED) is 0.788. The van der Waals surface area contributed by atoms with Crippen molar-refractivity contribution in [3.05, 3.63) is 0 Å². The van der Waals surface area contributed by atoms with Crippen LogP contribution >= 0.6 is 0 Å². The molecule has 0 spiro atoms. The lowest BCUT2D eigenvalue weighted by Gasteiger charge is -2.22. The summed E-state index contributed by atoms with van der Waals surface area (Å²) in [5.74, 6) is -1.16. The molecule has 0 aliphatic heterocycles. The van der Waals surface area contributed by atoms with Gasteiger partial charge in [0, 0.05) is 12.5 Å². The van der Waals surface area contributed by atoms with Crippen molar-refractivity contribution in [3.63, 3.8) is 0 Å². The number of nitriles is 1. The molecule has 1 fully saturated rings. The monoisotopic (exact) mass is 258 g/mol. The molecule has 0 unspecified atom stereocenters. The first-order chi connectivity index (χ1) is 8.03. The summed E-state index contributed by atoms with van der Waals surface area (Å²) in [5.41, 5.74) is 0. The second-order valence-electron chi connectivity index (χ2n) is 4.40. The number of amides is 1. The smallest absolute Gasteiger partial charge is 0.235 e. The molecule has 0 aromatic rings. The van der Waals surface area contributed by atoms with Gasteiger partial charge in [-0.15, -0.1) is 0 Å². The Labute approximate surface area is 102 Å². The Hall–Kier alpha value is -1.09. The molecule has 17 heavy (non-hydrogen) atoms. The highest BCUT2D eigenvalue weighted by Gasteiger charge is 2.20. The van der Waals surface area contributed by atoms with Crippen molar-refractivity contribution < 1.29 is 13.2 Å². The fourth-order valence-electron chi connectivity index (χ4n) is 1.99. The summed E-state index contributed by atoms with van der Waals surface area (Å²) in [5, 5.41) is 11.1. The molecule has 1 N–H and O–H groups in total. The molecule has 5 nitrogen and oxygen atoms in total. The molecule has 1 aliphatic carbocycles. The molecule has 1 saturated carbocycles. The number of hydrogen-bond donors (Lipinski definition) is 1. The maximum Gasteiger partial charge on any atom is 0.235 e. The lowest BCUT2D eigenvalue weighted by atomic mass is 9.95. The maximum absolute atomic E-state index is 11.5. The standard InChI is InChI=1S/C11H18N2O3S/c12-7-4-8-17(15,16)9-11(14)13-10-5-2-1-3-6-10/h10H,1-6,8-9H2,(H,13,14). The van der Waals surface area contributed by atoms with E-state index in [1.807, 2.05) is 0 Å². The van der Waals surface area contributed by atoms with Crippen LogP contribution in [-0.2, 0) is 14.6 Å². The Kier molecular flexibility index (Phi) is 5.42. The predicted octanol–water partition coefficient (Wildman–Crippen LogP) is 0.764. The first-order valence-corrected chi connectivity index (χ1v) is 7.72. The Morgan fingerprint density at radius 1 is 1.29 bits per heavy atom. The van der Waals surface area contributed by atoms with Crippen LogP contribution in [0.5, 0.6) is 0 Å². The van der Waals surface area contributed by atoms with Gasteiger partial charge in [-0.05, 0) is 12.8 Å². The molecule has 0 aromatic carbocycles. The van der Waals surface area contributed by atoms with E-state index in [2.05, 4.69) is 5.32 Å². The first kappa shape index (κ1) is 14.0. The van der Waals surface area contributed by atoms with Crippen molar-refractivity contribution >= 4 is 15.7 Å². The molecule has 0 saturated heterocycles. The van der Waals surface area contributed by atoms with Gasteiger partial charge in [0.15, 0.2) is 9.84 Å². The van der Waals surface area contributed by atoms with E-state index in [9.17, 15) is 13.2 Å². The van der Waals surface area contributed by atoms with Crippen molar-refractivity contribution in [2.24, 2.45) is 0 Å². The number of carbonyl (C=O) groups is 1. The fourth-order valence-corrected chi connectivity index (χ4v) is 3.02. The molecular weight excluding hydrogens is 240 g/mol. The average Bonchev–Trinajstić information content (AvgIpc) is 2.27. The van der Waals surface area contributed by atoms with Crippen LogP contribution in [0.2, 0.25) is 0 Å². The van der Waals surface area contributed by atoms with Gasteiger partial charge in [-0.25, -0.2) is 8.42 Å². The predicted molar refractivity (Wildman–Crippen MR) is 63.9 cm³/mol. The molecule has 0 bridgehead atoms. The van der Waals surface area contributed by atoms with E-state index in [0.29, 0.717) is 0 Å². The van der Waals surface area contributed by atoms with Gasteiger partial charge < -0.3 is 5.32 Å². The second-order valence-corrected chi connectivity index (χ2v) is 6.59. The SMILES string of the molecule is N#CCCS(=O)(=O)CC(=O)NC1CCCCC1. The molecule has 1 rings (SSSR count). The maximum atomic E-state index is 11.5. The third-order valence-corrected chi connectivity index (χ3v) is 4.37. The van der Waals surface area contributed by atoms with E-state index < -0.39 is 21.5 Å². The minimum absolute atomic E-state index is 0.0565. The average molecular weight is 258 g/mol. The molecule has 1 aliphatic rings. The largest absolute Gasteiger partial charge is 0.352 e. The minimum Gasteiger partial charge on any atom is -0.352 e. The highest BCUT2D eigenvalue weighted by Crippen LogP contribution is 2.17. The van der Waals surface area contributed by atoms with Crippen LogP contribution in [-0.4, -0.2) is 31.9 Å². The number of hydrogen-bond acceptors (Lipinski definition) is 4. The van der Waals surface area contributed by atoms with Gasteiger partial charge >= 0.3 is 0 Å². The number of carbonyl (C=O) groups excluding carboxylic acids is 1. The zero-order valence-electron chi connectivity index (χ0n) is 9.81. The third kappa shape index (κ3) is 5.68. The molecule has 6 heteroatoms. The van der Waals surface area contributed by atoms with Gasteiger partial charge in [-0.3, -0.25) is 4.79 Å². The van der Waals surface area contributed by atoms with Gasteiger partial charge in [0.2, 0.25) is 5.91 Å². The number of rotatable bonds is 5. The summed E-state index contributed by atoms with van der Waals surface area (Å²) in [6, 6.07) is 1.89. The number of sulfone groups is 1. The van der Waals surface area contributed by atoms with Crippen LogP contribution in [0.25, 0.3) is 0 Å². The van der Waals surface area contributed by atoms with Gasteiger partial charge in [-0.2, -0.15) is 5.26 Å². The first-order valence-electron chi connectivity index (χ1n) is 5.90. The van der Waals surface area contributed by atoms with Crippen LogP contribution in [0.15, 0.2) is 0 Å². The lowest BCUT2D eigenvalue weighted by Crippen LogP contribution is -2.39. The summed E-state index contributed by atoms with van der Waals surface area (Å²) >= 11 is 0. The van der Waals surface area contributed by atoms with Gasteiger partial charge in [0.25, 0.3) is 0 Å². The summed E-state index contributed by atoms with van der Waals surface area (Å²) in [7, 11) is -3.43. The molecule has 0 aromatic heterocycles. The summed E-state index contributed by atoms with van der Waals surface area (Å²) in [6.45, 7) is 0. The van der Waals surface area contributed by atoms with Crippen molar-refractivity contribution in [1.29, 1.82) is 5.26 Å². The molecule has 0 atom stereocenters. The van der Waals surface area contributed by atoms with Crippen molar-refractivity contribution in [3.8, 4) is 6.07 Å². The Morgan fingerprint density at radius 3 is 2.53 bits per heavy atom. The van der Waals surface area contributed by atoms with E-state index in [-0.39, 0.29) is 18.2 Å². The van der Waals surface area contributed by atoms with Gasteiger partial charge in [0.1, 0.15) is 5.75 Å². The van der Waals surface area contributed by atoms with Crippen LogP contribution in [0, 0.1) is 11.3 Å². The van der Waals surface area contributed by atoms with Crippen molar-refractivity contribution in [2.75, 3.05) is 11.5 Å². The number of nitrogens with zero attached hydrogens (tertiary/aromatic N) is 1.